The molecule has 14 heavy (non-hydrogen) atoms. The summed E-state index contributed by atoms with van der Waals surface area (Å²) in [5, 5.41) is 0. The highest BCUT2D eigenvalue weighted by Crippen LogP contribution is 2.40. The summed E-state index contributed by atoms with van der Waals surface area (Å²) >= 11 is 0. The van der Waals surface area contributed by atoms with Gasteiger partial charge in [-0.3, -0.25) is 4.79 Å². The fourth-order valence-corrected chi connectivity index (χ4v) is 1.55. The van der Waals surface area contributed by atoms with Crippen LogP contribution in [0.2, 0.25) is 0 Å². The van der Waals surface area contributed by atoms with Crippen LogP contribution in [0.1, 0.15) is 41.0 Å². The van der Waals surface area contributed by atoms with Gasteiger partial charge in [-0.25, -0.2) is 0 Å². The lowest BCUT2D eigenvalue weighted by Crippen LogP contribution is -2.53. The number of carbonyl (C=O) groups excluding carboxylic acids is 1. The molecule has 0 bridgehead atoms. The monoisotopic (exact) mass is 201 g/mol. The van der Waals surface area contributed by atoms with Crippen LogP contribution in [0.4, 0.5) is 0 Å². The highest BCUT2D eigenvalue weighted by molar-refractivity contribution is 5.70. The van der Waals surface area contributed by atoms with Crippen molar-refractivity contribution in [3.05, 3.63) is 0 Å². The number of esters is 1. The summed E-state index contributed by atoms with van der Waals surface area (Å²) < 4.78 is 4.70. The zero-order valence-electron chi connectivity index (χ0n) is 10.2. The number of rotatable bonds is 4. The normalized spacial score (nSPS) is 16.6. The van der Waals surface area contributed by atoms with Gasteiger partial charge in [0.15, 0.2) is 0 Å². The fourth-order valence-electron chi connectivity index (χ4n) is 1.55. The molecule has 0 spiro atoms. The van der Waals surface area contributed by atoms with E-state index in [2.05, 4.69) is 13.8 Å². The Morgan fingerprint density at radius 1 is 1.36 bits per heavy atom. The molecule has 0 aromatic carbocycles. The lowest BCUT2D eigenvalue weighted by Gasteiger charge is -2.44. The van der Waals surface area contributed by atoms with Crippen molar-refractivity contribution in [2.75, 3.05) is 7.11 Å². The standard InChI is InChI=1S/C11H23NO2/c1-8(2)11(5,10(3,4)12)7-9(13)14-6/h8H,7,12H2,1-6H3. The molecule has 0 aliphatic carbocycles. The molecule has 2 N–H and O–H groups in total. The van der Waals surface area contributed by atoms with E-state index in [1.54, 1.807) is 0 Å². The van der Waals surface area contributed by atoms with Gasteiger partial charge in [-0.05, 0) is 25.2 Å². The number of methoxy groups -OCH3 is 1. The molecule has 1 atom stereocenters. The molecule has 0 aromatic rings. The van der Waals surface area contributed by atoms with Gasteiger partial charge in [0.25, 0.3) is 0 Å². The highest BCUT2D eigenvalue weighted by atomic mass is 16.5. The molecule has 0 heterocycles. The fraction of sp³-hybridized carbons (Fsp3) is 0.909. The summed E-state index contributed by atoms with van der Waals surface area (Å²) in [6.45, 7) is 10.1. The lowest BCUT2D eigenvalue weighted by atomic mass is 9.64. The van der Waals surface area contributed by atoms with Gasteiger partial charge in [-0.15, -0.1) is 0 Å². The molecule has 0 rings (SSSR count). The van der Waals surface area contributed by atoms with Crippen LogP contribution >= 0.6 is 0 Å². The quantitative estimate of drug-likeness (QED) is 0.707. The van der Waals surface area contributed by atoms with E-state index in [-0.39, 0.29) is 11.4 Å². The van der Waals surface area contributed by atoms with Gasteiger partial charge in [0.1, 0.15) is 0 Å². The first-order valence-electron chi connectivity index (χ1n) is 5.01. The molecule has 0 saturated carbocycles. The summed E-state index contributed by atoms with van der Waals surface area (Å²) in [5.41, 5.74) is 5.48. The molecule has 0 fully saturated rings. The van der Waals surface area contributed by atoms with Gasteiger partial charge in [0, 0.05) is 5.54 Å². The topological polar surface area (TPSA) is 52.3 Å². The molecule has 84 valence electrons. The number of nitrogens with two attached hydrogens (primary N) is 1. The van der Waals surface area contributed by atoms with Crippen molar-refractivity contribution in [3.8, 4) is 0 Å². The third kappa shape index (κ3) is 2.71. The van der Waals surface area contributed by atoms with E-state index in [1.165, 1.54) is 7.11 Å². The maximum atomic E-state index is 11.3. The molecule has 3 heteroatoms. The SMILES string of the molecule is COC(=O)CC(C)(C(C)C)C(C)(C)N. The average Bonchev–Trinajstić information content (AvgIpc) is 2.01. The van der Waals surface area contributed by atoms with Gasteiger partial charge < -0.3 is 10.5 Å². The van der Waals surface area contributed by atoms with Crippen molar-refractivity contribution in [1.82, 2.24) is 0 Å². The first-order chi connectivity index (χ1) is 6.15. The van der Waals surface area contributed by atoms with E-state index in [0.717, 1.165) is 0 Å². The molecule has 0 saturated heterocycles. The van der Waals surface area contributed by atoms with Crippen LogP contribution in [-0.2, 0) is 9.53 Å². The van der Waals surface area contributed by atoms with Crippen LogP contribution in [-0.4, -0.2) is 18.6 Å². The molecular weight excluding hydrogens is 178 g/mol. The number of hydrogen-bond donors (Lipinski definition) is 1. The number of ether oxygens (including phenoxy) is 1. The maximum absolute atomic E-state index is 11.3. The molecule has 0 aromatic heterocycles. The Morgan fingerprint density at radius 3 is 2.00 bits per heavy atom. The Labute approximate surface area is 87.0 Å². The van der Waals surface area contributed by atoms with Crippen LogP contribution in [0.15, 0.2) is 0 Å². The minimum Gasteiger partial charge on any atom is -0.469 e. The number of hydrogen-bond acceptors (Lipinski definition) is 3. The van der Waals surface area contributed by atoms with Gasteiger partial charge in [-0.1, -0.05) is 20.8 Å². The zero-order valence-corrected chi connectivity index (χ0v) is 10.2. The Hall–Kier alpha value is -0.570. The van der Waals surface area contributed by atoms with Crippen LogP contribution in [0, 0.1) is 11.3 Å². The third-order valence-electron chi connectivity index (χ3n) is 3.49. The molecule has 1 unspecified atom stereocenters. The third-order valence-corrected chi connectivity index (χ3v) is 3.49. The molecule has 3 nitrogen and oxygen atoms in total. The van der Waals surface area contributed by atoms with E-state index < -0.39 is 5.54 Å². The average molecular weight is 201 g/mol. The summed E-state index contributed by atoms with van der Waals surface area (Å²) in [5.74, 6) is 0.140. The second-order valence-corrected chi connectivity index (χ2v) is 5.05. The Bertz CT molecular complexity index is 206. The predicted molar refractivity (Wildman–Crippen MR) is 57.8 cm³/mol. The summed E-state index contributed by atoms with van der Waals surface area (Å²) in [6, 6.07) is 0. The summed E-state index contributed by atoms with van der Waals surface area (Å²) in [6.07, 6.45) is 0.366. The zero-order chi connectivity index (χ0) is 11.6. The van der Waals surface area contributed by atoms with Crippen LogP contribution in [0.5, 0.6) is 0 Å². The minimum absolute atomic E-state index is 0.195. The summed E-state index contributed by atoms with van der Waals surface area (Å²) in [7, 11) is 1.41. The predicted octanol–water partition coefficient (Wildman–Crippen LogP) is 1.95. The molecule has 0 radical (unpaired) electrons. The van der Waals surface area contributed by atoms with Crippen LogP contribution in [0.25, 0.3) is 0 Å². The van der Waals surface area contributed by atoms with Crippen molar-refractivity contribution >= 4 is 5.97 Å². The van der Waals surface area contributed by atoms with Crippen molar-refractivity contribution in [3.63, 3.8) is 0 Å². The maximum Gasteiger partial charge on any atom is 0.306 e. The molecule has 0 aliphatic heterocycles. The second kappa shape index (κ2) is 4.30. The van der Waals surface area contributed by atoms with Gasteiger partial charge >= 0.3 is 5.97 Å². The van der Waals surface area contributed by atoms with E-state index >= 15 is 0 Å². The second-order valence-electron chi connectivity index (χ2n) is 5.05. The Morgan fingerprint density at radius 2 is 1.79 bits per heavy atom. The molecular formula is C11H23NO2. The summed E-state index contributed by atoms with van der Waals surface area (Å²) in [4.78, 5) is 11.3. The number of carbonyl (C=O) groups is 1. The van der Waals surface area contributed by atoms with Crippen molar-refractivity contribution < 1.29 is 9.53 Å². The smallest absolute Gasteiger partial charge is 0.306 e. The first-order valence-corrected chi connectivity index (χ1v) is 5.01. The van der Waals surface area contributed by atoms with Crippen LogP contribution < -0.4 is 5.73 Å². The van der Waals surface area contributed by atoms with Crippen LogP contribution in [0.3, 0.4) is 0 Å². The van der Waals surface area contributed by atoms with Crippen molar-refractivity contribution in [1.29, 1.82) is 0 Å². The van der Waals surface area contributed by atoms with Gasteiger partial charge in [-0.2, -0.15) is 0 Å². The molecule has 0 amide bonds. The van der Waals surface area contributed by atoms with Gasteiger partial charge in [0.05, 0.1) is 13.5 Å². The Balaban J connectivity index is 4.84. The van der Waals surface area contributed by atoms with E-state index in [1.807, 2.05) is 20.8 Å². The Kier molecular flexibility index (Phi) is 4.13. The van der Waals surface area contributed by atoms with Crippen molar-refractivity contribution in [2.45, 2.75) is 46.6 Å². The van der Waals surface area contributed by atoms with Gasteiger partial charge in [0.2, 0.25) is 0 Å². The van der Waals surface area contributed by atoms with E-state index in [9.17, 15) is 4.79 Å². The van der Waals surface area contributed by atoms with Crippen molar-refractivity contribution in [2.24, 2.45) is 17.1 Å². The minimum atomic E-state index is -0.393. The largest absolute Gasteiger partial charge is 0.469 e. The highest BCUT2D eigenvalue weighted by Gasteiger charge is 2.42. The lowest BCUT2D eigenvalue weighted by molar-refractivity contribution is -0.145. The first kappa shape index (κ1) is 13.4. The molecule has 0 aliphatic rings. The van der Waals surface area contributed by atoms with E-state index in [4.69, 9.17) is 10.5 Å². The van der Waals surface area contributed by atoms with E-state index in [0.29, 0.717) is 12.3 Å².